The van der Waals surface area contributed by atoms with Gasteiger partial charge in [-0.05, 0) is 19.1 Å². The molecule has 0 aliphatic rings. The first kappa shape index (κ1) is 10.1. The quantitative estimate of drug-likeness (QED) is 0.529. The molecule has 0 amide bonds. The number of nitrogens with zero attached hydrogens (tertiary/aromatic N) is 1. The van der Waals surface area contributed by atoms with Crippen LogP contribution in [0.15, 0.2) is 16.6 Å². The highest BCUT2D eigenvalue weighted by Gasteiger charge is 2.13. The topological polar surface area (TPSA) is 63.2 Å². The maximum atomic E-state index is 11.2. The Kier molecular flexibility index (Phi) is 3.08. The van der Waals surface area contributed by atoms with E-state index in [0.717, 1.165) is 0 Å². The summed E-state index contributed by atoms with van der Waals surface area (Å²) in [6.07, 6.45) is 2.76. The van der Waals surface area contributed by atoms with E-state index < -0.39 is 5.97 Å². The van der Waals surface area contributed by atoms with E-state index in [2.05, 4.69) is 4.74 Å². The third-order valence-electron chi connectivity index (χ3n) is 1.66. The molecule has 14 heavy (non-hydrogen) atoms. The monoisotopic (exact) mass is 191 g/mol. The fraction of sp³-hybridized carbons (Fsp3) is 0.200. The van der Waals surface area contributed by atoms with Gasteiger partial charge in [-0.3, -0.25) is 0 Å². The van der Waals surface area contributed by atoms with E-state index in [9.17, 15) is 4.79 Å². The molecule has 0 aromatic carbocycles. The number of hydrogen-bond donors (Lipinski definition) is 0. The highest BCUT2D eigenvalue weighted by Crippen LogP contribution is 2.16. The number of hydrogen-bond acceptors (Lipinski definition) is 4. The smallest absolute Gasteiger partial charge is 0.341 e. The molecule has 0 saturated heterocycles. The Morgan fingerprint density at radius 1 is 1.71 bits per heavy atom. The zero-order valence-electron chi connectivity index (χ0n) is 7.90. The van der Waals surface area contributed by atoms with Crippen molar-refractivity contribution in [1.82, 2.24) is 0 Å². The van der Waals surface area contributed by atoms with Crippen LogP contribution in [0, 0.1) is 18.3 Å². The fourth-order valence-corrected chi connectivity index (χ4v) is 1.02. The van der Waals surface area contributed by atoms with E-state index in [-0.39, 0.29) is 0 Å². The van der Waals surface area contributed by atoms with Crippen LogP contribution in [0.25, 0.3) is 6.08 Å². The SMILES string of the molecule is COC(=O)c1cc(C=CC#N)oc1C. The number of nitriles is 1. The van der Waals surface area contributed by atoms with Gasteiger partial charge in [0.15, 0.2) is 0 Å². The average Bonchev–Trinajstić information content (AvgIpc) is 2.55. The van der Waals surface area contributed by atoms with Crippen molar-refractivity contribution >= 4 is 12.0 Å². The molecule has 0 saturated carbocycles. The van der Waals surface area contributed by atoms with Gasteiger partial charge in [0.2, 0.25) is 0 Å². The summed E-state index contributed by atoms with van der Waals surface area (Å²) < 4.78 is 9.75. The lowest BCUT2D eigenvalue weighted by molar-refractivity contribution is 0.0599. The van der Waals surface area contributed by atoms with Crippen LogP contribution in [-0.4, -0.2) is 13.1 Å². The fourth-order valence-electron chi connectivity index (χ4n) is 1.02. The van der Waals surface area contributed by atoms with Gasteiger partial charge < -0.3 is 9.15 Å². The van der Waals surface area contributed by atoms with E-state index in [1.165, 1.54) is 25.3 Å². The number of esters is 1. The van der Waals surface area contributed by atoms with Gasteiger partial charge in [-0.2, -0.15) is 5.26 Å². The number of ether oxygens (including phenoxy) is 1. The summed E-state index contributed by atoms with van der Waals surface area (Å²) in [7, 11) is 1.31. The van der Waals surface area contributed by atoms with E-state index in [4.69, 9.17) is 9.68 Å². The zero-order chi connectivity index (χ0) is 10.6. The largest absolute Gasteiger partial charge is 0.465 e. The second-order valence-corrected chi connectivity index (χ2v) is 2.57. The number of aryl methyl sites for hydroxylation is 1. The van der Waals surface area contributed by atoms with Crippen LogP contribution in [0.4, 0.5) is 0 Å². The first-order valence-corrected chi connectivity index (χ1v) is 3.94. The van der Waals surface area contributed by atoms with Crippen molar-refractivity contribution in [1.29, 1.82) is 5.26 Å². The van der Waals surface area contributed by atoms with Crippen molar-refractivity contribution in [2.75, 3.05) is 7.11 Å². The minimum absolute atomic E-state index is 0.380. The van der Waals surface area contributed by atoms with E-state index in [1.54, 1.807) is 6.92 Å². The molecule has 1 heterocycles. The van der Waals surface area contributed by atoms with Gasteiger partial charge >= 0.3 is 5.97 Å². The van der Waals surface area contributed by atoms with Gasteiger partial charge in [0.1, 0.15) is 17.1 Å². The minimum Gasteiger partial charge on any atom is -0.465 e. The highest BCUT2D eigenvalue weighted by molar-refractivity contribution is 5.90. The Balaban J connectivity index is 3.00. The number of furan rings is 1. The maximum absolute atomic E-state index is 11.2. The molecular weight excluding hydrogens is 182 g/mol. The Morgan fingerprint density at radius 3 is 3.00 bits per heavy atom. The molecule has 4 heteroatoms. The standard InChI is InChI=1S/C10H9NO3/c1-7-9(10(12)13-2)6-8(14-7)4-3-5-11/h3-4,6H,1-2H3. The molecular formula is C10H9NO3. The molecule has 0 atom stereocenters. The Bertz CT molecular complexity index is 409. The van der Waals surface area contributed by atoms with Crippen LogP contribution < -0.4 is 0 Å². The highest BCUT2D eigenvalue weighted by atomic mass is 16.5. The van der Waals surface area contributed by atoms with Crippen LogP contribution in [-0.2, 0) is 4.74 Å². The molecule has 1 aromatic heterocycles. The summed E-state index contributed by atoms with van der Waals surface area (Å²) in [5.74, 6) is 0.502. The molecule has 0 spiro atoms. The van der Waals surface area contributed by atoms with Crippen LogP contribution in [0.1, 0.15) is 21.9 Å². The van der Waals surface area contributed by atoms with Crippen LogP contribution >= 0.6 is 0 Å². The summed E-state index contributed by atoms with van der Waals surface area (Å²) >= 11 is 0. The van der Waals surface area contributed by atoms with Gasteiger partial charge in [0.25, 0.3) is 0 Å². The molecule has 0 aliphatic heterocycles. The van der Waals surface area contributed by atoms with Crippen molar-refractivity contribution in [3.8, 4) is 6.07 Å². The first-order chi connectivity index (χ1) is 6.69. The predicted octanol–water partition coefficient (Wildman–Crippen LogP) is 1.91. The number of carbonyl (C=O) groups is 1. The van der Waals surface area contributed by atoms with Gasteiger partial charge in [0.05, 0.1) is 13.2 Å². The third-order valence-corrected chi connectivity index (χ3v) is 1.66. The van der Waals surface area contributed by atoms with E-state index in [0.29, 0.717) is 17.1 Å². The minimum atomic E-state index is -0.442. The molecule has 0 N–H and O–H groups in total. The number of methoxy groups -OCH3 is 1. The summed E-state index contributed by atoms with van der Waals surface area (Å²) in [6, 6.07) is 3.37. The second-order valence-electron chi connectivity index (χ2n) is 2.57. The van der Waals surface area contributed by atoms with Gasteiger partial charge in [-0.15, -0.1) is 0 Å². The summed E-state index contributed by atoms with van der Waals surface area (Å²) in [5.41, 5.74) is 0.380. The maximum Gasteiger partial charge on any atom is 0.341 e. The predicted molar refractivity (Wildman–Crippen MR) is 49.4 cm³/mol. The molecule has 0 unspecified atom stereocenters. The number of carbonyl (C=O) groups excluding carboxylic acids is 1. The molecule has 72 valence electrons. The molecule has 1 aromatic rings. The molecule has 4 nitrogen and oxygen atoms in total. The number of rotatable bonds is 2. The normalized spacial score (nSPS) is 10.1. The van der Waals surface area contributed by atoms with Gasteiger partial charge in [-0.25, -0.2) is 4.79 Å². The average molecular weight is 191 g/mol. The Labute approximate surface area is 81.4 Å². The Hall–Kier alpha value is -2.02. The Morgan fingerprint density at radius 2 is 2.43 bits per heavy atom. The van der Waals surface area contributed by atoms with Gasteiger partial charge in [-0.1, -0.05) is 0 Å². The summed E-state index contributed by atoms with van der Waals surface area (Å²) in [5, 5.41) is 8.29. The van der Waals surface area contributed by atoms with Crippen molar-refractivity contribution in [2.45, 2.75) is 6.92 Å². The molecule has 0 radical (unpaired) electrons. The van der Waals surface area contributed by atoms with Crippen molar-refractivity contribution in [3.63, 3.8) is 0 Å². The molecule has 0 bridgehead atoms. The lowest BCUT2D eigenvalue weighted by atomic mass is 10.2. The van der Waals surface area contributed by atoms with E-state index >= 15 is 0 Å². The number of allylic oxidation sites excluding steroid dienone is 1. The summed E-state index contributed by atoms with van der Waals surface area (Å²) in [6.45, 7) is 1.66. The van der Waals surface area contributed by atoms with Crippen molar-refractivity contribution < 1.29 is 13.9 Å². The van der Waals surface area contributed by atoms with E-state index in [1.807, 2.05) is 6.07 Å². The van der Waals surface area contributed by atoms with Crippen molar-refractivity contribution in [2.24, 2.45) is 0 Å². The van der Waals surface area contributed by atoms with Crippen LogP contribution in [0.3, 0.4) is 0 Å². The molecule has 1 rings (SSSR count). The third kappa shape index (κ3) is 2.02. The van der Waals surface area contributed by atoms with Crippen LogP contribution in [0.5, 0.6) is 0 Å². The molecule has 0 aliphatic carbocycles. The first-order valence-electron chi connectivity index (χ1n) is 3.94. The van der Waals surface area contributed by atoms with Gasteiger partial charge in [0, 0.05) is 6.08 Å². The van der Waals surface area contributed by atoms with Crippen molar-refractivity contribution in [3.05, 3.63) is 29.2 Å². The summed E-state index contributed by atoms with van der Waals surface area (Å²) in [4.78, 5) is 11.2. The van der Waals surface area contributed by atoms with Crippen LogP contribution in [0.2, 0.25) is 0 Å². The second kappa shape index (κ2) is 4.28. The molecule has 0 fully saturated rings. The lowest BCUT2D eigenvalue weighted by Crippen LogP contribution is -2.00. The lowest BCUT2D eigenvalue weighted by Gasteiger charge is -1.93. The zero-order valence-corrected chi connectivity index (χ0v) is 7.90.